The first kappa shape index (κ1) is 13.6. The summed E-state index contributed by atoms with van der Waals surface area (Å²) in [6, 6.07) is 8.89. The van der Waals surface area contributed by atoms with E-state index in [0.29, 0.717) is 5.92 Å². The second-order valence-electron chi connectivity index (χ2n) is 7.66. The van der Waals surface area contributed by atoms with Gasteiger partial charge in [-0.2, -0.15) is 0 Å². The van der Waals surface area contributed by atoms with Gasteiger partial charge >= 0.3 is 0 Å². The third-order valence-corrected chi connectivity index (χ3v) is 6.17. The maximum Gasteiger partial charge on any atom is 0.0376 e. The lowest BCUT2D eigenvalue weighted by atomic mass is 9.87. The number of rotatable bonds is 4. The lowest BCUT2D eigenvalue weighted by Crippen LogP contribution is -2.33. The van der Waals surface area contributed by atoms with Gasteiger partial charge in [-0.3, -0.25) is 0 Å². The number of nitrogens with zero attached hydrogens (tertiary/aromatic N) is 1. The van der Waals surface area contributed by atoms with Gasteiger partial charge in [0.1, 0.15) is 0 Å². The first-order valence-corrected chi connectivity index (χ1v) is 8.81. The van der Waals surface area contributed by atoms with E-state index in [4.69, 9.17) is 0 Å². The molecule has 2 aliphatic carbocycles. The highest BCUT2D eigenvalue weighted by Gasteiger charge is 2.39. The summed E-state index contributed by atoms with van der Waals surface area (Å²) in [6.45, 7) is 3.68. The van der Waals surface area contributed by atoms with Crippen molar-refractivity contribution in [1.29, 1.82) is 0 Å². The SMILES string of the molecule is CN(CC1CCNc2ccccc21)CC1CC2CCC1C2. The molecule has 1 aliphatic heterocycles. The molecule has 1 N–H and O–H groups in total. The fourth-order valence-corrected chi connectivity index (χ4v) is 5.19. The van der Waals surface area contributed by atoms with Crippen LogP contribution in [0, 0.1) is 17.8 Å². The summed E-state index contributed by atoms with van der Waals surface area (Å²) in [5, 5.41) is 3.54. The zero-order valence-corrected chi connectivity index (χ0v) is 13.2. The van der Waals surface area contributed by atoms with E-state index in [1.165, 1.54) is 56.4 Å². The van der Waals surface area contributed by atoms with Crippen molar-refractivity contribution in [3.05, 3.63) is 29.8 Å². The van der Waals surface area contributed by atoms with Gasteiger partial charge in [0.15, 0.2) is 0 Å². The molecule has 3 aliphatic rings. The molecule has 1 aromatic rings. The molecule has 2 saturated carbocycles. The minimum absolute atomic E-state index is 0.714. The smallest absolute Gasteiger partial charge is 0.0376 e. The highest BCUT2D eigenvalue weighted by Crippen LogP contribution is 2.48. The molecule has 0 radical (unpaired) electrons. The van der Waals surface area contributed by atoms with Crippen LogP contribution in [0.2, 0.25) is 0 Å². The normalized spacial score (nSPS) is 34.0. The molecule has 0 spiro atoms. The van der Waals surface area contributed by atoms with Gasteiger partial charge in [-0.15, -0.1) is 0 Å². The van der Waals surface area contributed by atoms with E-state index in [0.717, 1.165) is 24.3 Å². The van der Waals surface area contributed by atoms with Gasteiger partial charge in [-0.25, -0.2) is 0 Å². The zero-order valence-electron chi connectivity index (χ0n) is 13.2. The van der Waals surface area contributed by atoms with E-state index in [2.05, 4.69) is 41.5 Å². The molecule has 21 heavy (non-hydrogen) atoms. The van der Waals surface area contributed by atoms with Crippen molar-refractivity contribution in [2.24, 2.45) is 17.8 Å². The van der Waals surface area contributed by atoms with Crippen LogP contribution in [-0.2, 0) is 0 Å². The average Bonchev–Trinajstić information content (AvgIpc) is 3.10. The Hall–Kier alpha value is -1.02. The van der Waals surface area contributed by atoms with Crippen molar-refractivity contribution >= 4 is 5.69 Å². The number of likely N-dealkylation sites (N-methyl/N-ethyl adjacent to an activating group) is 1. The first-order valence-electron chi connectivity index (χ1n) is 8.81. The molecule has 1 heterocycles. The molecular formula is C19H28N2. The molecule has 0 aromatic heterocycles. The zero-order chi connectivity index (χ0) is 14.2. The molecular weight excluding hydrogens is 256 g/mol. The highest BCUT2D eigenvalue weighted by molar-refractivity contribution is 5.54. The summed E-state index contributed by atoms with van der Waals surface area (Å²) >= 11 is 0. The molecule has 4 unspecified atom stereocenters. The molecule has 0 amide bonds. The Kier molecular flexibility index (Phi) is 3.66. The number of fused-ring (bicyclic) bond motifs is 3. The molecule has 1 aromatic carbocycles. The van der Waals surface area contributed by atoms with Crippen LogP contribution in [0.25, 0.3) is 0 Å². The van der Waals surface area contributed by atoms with E-state index in [1.807, 2.05) is 0 Å². The number of anilines is 1. The van der Waals surface area contributed by atoms with E-state index < -0.39 is 0 Å². The third kappa shape index (κ3) is 2.70. The predicted molar refractivity (Wildman–Crippen MR) is 88.7 cm³/mol. The second kappa shape index (κ2) is 5.64. The standard InChI is InChI=1S/C19H28N2/c1-21(13-17-11-14-6-7-15(17)10-14)12-16-8-9-20-19-5-3-2-4-18(16)19/h2-5,14-17,20H,6-13H2,1H3. The molecule has 2 fully saturated rings. The number of para-hydroxylation sites is 1. The van der Waals surface area contributed by atoms with Crippen LogP contribution >= 0.6 is 0 Å². The van der Waals surface area contributed by atoms with Crippen molar-refractivity contribution in [2.75, 3.05) is 32.0 Å². The Balaban J connectivity index is 1.38. The summed E-state index contributed by atoms with van der Waals surface area (Å²) in [4.78, 5) is 2.62. The summed E-state index contributed by atoms with van der Waals surface area (Å²) < 4.78 is 0. The average molecular weight is 284 g/mol. The molecule has 4 rings (SSSR count). The highest BCUT2D eigenvalue weighted by atomic mass is 15.1. The summed E-state index contributed by atoms with van der Waals surface area (Å²) in [7, 11) is 2.34. The third-order valence-electron chi connectivity index (χ3n) is 6.17. The van der Waals surface area contributed by atoms with Gasteiger partial charge in [0.2, 0.25) is 0 Å². The molecule has 2 nitrogen and oxygen atoms in total. The first-order chi connectivity index (χ1) is 10.3. The lowest BCUT2D eigenvalue weighted by molar-refractivity contribution is 0.209. The molecule has 4 atom stereocenters. The van der Waals surface area contributed by atoms with Crippen LogP contribution in [0.1, 0.15) is 43.6 Å². The molecule has 0 saturated heterocycles. The fourth-order valence-electron chi connectivity index (χ4n) is 5.19. The van der Waals surface area contributed by atoms with Crippen molar-refractivity contribution in [3.63, 3.8) is 0 Å². The van der Waals surface area contributed by atoms with Gasteiger partial charge in [0.05, 0.1) is 0 Å². The minimum Gasteiger partial charge on any atom is -0.385 e. The topological polar surface area (TPSA) is 15.3 Å². The molecule has 2 heteroatoms. The number of hydrogen-bond acceptors (Lipinski definition) is 2. The van der Waals surface area contributed by atoms with E-state index in [1.54, 1.807) is 0 Å². The van der Waals surface area contributed by atoms with E-state index in [-0.39, 0.29) is 0 Å². The van der Waals surface area contributed by atoms with Gasteiger partial charge in [0, 0.05) is 31.2 Å². The summed E-state index contributed by atoms with van der Waals surface area (Å²) in [6.07, 6.45) is 7.36. The van der Waals surface area contributed by atoms with Crippen LogP contribution < -0.4 is 5.32 Å². The van der Waals surface area contributed by atoms with Crippen LogP contribution in [0.15, 0.2) is 24.3 Å². The van der Waals surface area contributed by atoms with Crippen molar-refractivity contribution in [2.45, 2.75) is 38.0 Å². The quantitative estimate of drug-likeness (QED) is 0.900. The van der Waals surface area contributed by atoms with Gasteiger partial charge in [-0.1, -0.05) is 24.6 Å². The van der Waals surface area contributed by atoms with Crippen molar-refractivity contribution in [1.82, 2.24) is 4.90 Å². The Morgan fingerprint density at radius 1 is 1.10 bits per heavy atom. The van der Waals surface area contributed by atoms with Crippen molar-refractivity contribution < 1.29 is 0 Å². The Morgan fingerprint density at radius 3 is 2.81 bits per heavy atom. The largest absolute Gasteiger partial charge is 0.385 e. The molecule has 114 valence electrons. The van der Waals surface area contributed by atoms with Gasteiger partial charge < -0.3 is 10.2 Å². The predicted octanol–water partition coefficient (Wildman–Crippen LogP) is 3.95. The van der Waals surface area contributed by atoms with E-state index in [9.17, 15) is 0 Å². The monoisotopic (exact) mass is 284 g/mol. The lowest BCUT2D eigenvalue weighted by Gasteiger charge is -2.32. The second-order valence-corrected chi connectivity index (χ2v) is 7.66. The number of benzene rings is 1. The minimum atomic E-state index is 0.714. The summed E-state index contributed by atoms with van der Waals surface area (Å²) in [5.41, 5.74) is 2.89. The van der Waals surface area contributed by atoms with Crippen LogP contribution in [-0.4, -0.2) is 31.6 Å². The van der Waals surface area contributed by atoms with E-state index >= 15 is 0 Å². The van der Waals surface area contributed by atoms with Crippen molar-refractivity contribution in [3.8, 4) is 0 Å². The van der Waals surface area contributed by atoms with Crippen LogP contribution in [0.3, 0.4) is 0 Å². The molecule has 2 bridgehead atoms. The van der Waals surface area contributed by atoms with Crippen LogP contribution in [0.4, 0.5) is 5.69 Å². The maximum atomic E-state index is 3.54. The van der Waals surface area contributed by atoms with Crippen LogP contribution in [0.5, 0.6) is 0 Å². The Labute approximate surface area is 128 Å². The van der Waals surface area contributed by atoms with Gasteiger partial charge in [0.25, 0.3) is 0 Å². The fraction of sp³-hybridized carbons (Fsp3) is 0.684. The maximum absolute atomic E-state index is 3.54. The van der Waals surface area contributed by atoms with Gasteiger partial charge in [-0.05, 0) is 62.1 Å². The Morgan fingerprint density at radius 2 is 2.00 bits per heavy atom. The number of nitrogens with one attached hydrogen (secondary N) is 1. The summed E-state index contributed by atoms with van der Waals surface area (Å²) in [5.74, 6) is 3.84. The number of hydrogen-bond donors (Lipinski definition) is 1. The Bertz CT molecular complexity index is 498.